The maximum atomic E-state index is 9.48. The van der Waals surface area contributed by atoms with Crippen LogP contribution >= 0.6 is 23.2 Å². The summed E-state index contributed by atoms with van der Waals surface area (Å²) in [6, 6.07) is 12.9. The van der Waals surface area contributed by atoms with Crippen LogP contribution in [0.1, 0.15) is 31.4 Å². The third-order valence-corrected chi connectivity index (χ3v) is 3.90. The summed E-state index contributed by atoms with van der Waals surface area (Å²) in [5.74, 6) is 1.11. The number of benzene rings is 2. The molecular formula is C20H19Cl2NO2. The zero-order valence-corrected chi connectivity index (χ0v) is 15.7. The molecule has 3 nitrogen and oxygen atoms in total. The number of allylic oxidation sites excluding steroid dienone is 1. The quantitative estimate of drug-likeness (QED) is 0.424. The number of halogens is 2. The molecule has 0 heterocycles. The molecule has 0 spiro atoms. The van der Waals surface area contributed by atoms with Crippen LogP contribution in [0.15, 0.2) is 36.4 Å². The SMILES string of the molecule is CCCOc1c(Cl)cc(/C=C(\C#N)c2ccc(Cl)cc2)cc1OCC. The molecule has 2 aromatic rings. The Bertz CT molecular complexity index is 793. The first-order valence-corrected chi connectivity index (χ1v) is 8.81. The fourth-order valence-electron chi connectivity index (χ4n) is 2.25. The summed E-state index contributed by atoms with van der Waals surface area (Å²) in [5.41, 5.74) is 2.06. The number of nitrogens with zero attached hydrogens (tertiary/aromatic N) is 1. The Morgan fingerprint density at radius 3 is 2.44 bits per heavy atom. The Balaban J connectivity index is 2.43. The van der Waals surface area contributed by atoms with Crippen molar-refractivity contribution in [1.82, 2.24) is 0 Å². The molecule has 0 atom stereocenters. The van der Waals surface area contributed by atoms with E-state index in [1.165, 1.54) is 0 Å². The van der Waals surface area contributed by atoms with Crippen LogP contribution in [0.5, 0.6) is 11.5 Å². The van der Waals surface area contributed by atoms with Crippen LogP contribution in [0.2, 0.25) is 10.0 Å². The van der Waals surface area contributed by atoms with Gasteiger partial charge in [0.05, 0.1) is 29.9 Å². The molecule has 0 fully saturated rings. The van der Waals surface area contributed by atoms with Crippen molar-refractivity contribution in [1.29, 1.82) is 5.26 Å². The molecule has 0 saturated heterocycles. The third kappa shape index (κ3) is 5.16. The largest absolute Gasteiger partial charge is 0.490 e. The molecule has 0 aliphatic carbocycles. The highest BCUT2D eigenvalue weighted by Gasteiger charge is 2.12. The van der Waals surface area contributed by atoms with Crippen LogP contribution in [0.4, 0.5) is 0 Å². The number of rotatable bonds is 7. The topological polar surface area (TPSA) is 42.2 Å². The van der Waals surface area contributed by atoms with E-state index in [4.69, 9.17) is 32.7 Å². The maximum absolute atomic E-state index is 9.48. The summed E-state index contributed by atoms with van der Waals surface area (Å²) in [6.07, 6.45) is 2.64. The van der Waals surface area contributed by atoms with E-state index >= 15 is 0 Å². The molecule has 0 aromatic heterocycles. The average Bonchev–Trinajstić information content (AvgIpc) is 2.60. The van der Waals surface area contributed by atoms with Crippen molar-refractivity contribution < 1.29 is 9.47 Å². The summed E-state index contributed by atoms with van der Waals surface area (Å²) in [4.78, 5) is 0. The van der Waals surface area contributed by atoms with Crippen molar-refractivity contribution in [3.05, 3.63) is 57.6 Å². The van der Waals surface area contributed by atoms with E-state index < -0.39 is 0 Å². The van der Waals surface area contributed by atoms with Gasteiger partial charge in [0.25, 0.3) is 0 Å². The van der Waals surface area contributed by atoms with Crippen LogP contribution in [0.3, 0.4) is 0 Å². The molecule has 2 aromatic carbocycles. The standard InChI is InChI=1S/C20H19Cl2NO2/c1-3-9-25-20-18(22)11-14(12-19(20)24-4-2)10-16(13-23)15-5-7-17(21)8-6-15/h5-8,10-12H,3-4,9H2,1-2H3/b16-10+. The summed E-state index contributed by atoms with van der Waals surface area (Å²) in [6.45, 7) is 4.97. The highest BCUT2D eigenvalue weighted by Crippen LogP contribution is 2.37. The summed E-state index contributed by atoms with van der Waals surface area (Å²) < 4.78 is 11.3. The van der Waals surface area contributed by atoms with Gasteiger partial charge in [-0.1, -0.05) is 42.3 Å². The molecule has 0 amide bonds. The van der Waals surface area contributed by atoms with Crippen LogP contribution in [-0.2, 0) is 0 Å². The predicted octanol–water partition coefficient (Wildman–Crippen LogP) is 6.25. The normalized spacial score (nSPS) is 11.1. The number of hydrogen-bond acceptors (Lipinski definition) is 3. The van der Waals surface area contributed by atoms with E-state index in [9.17, 15) is 5.26 Å². The summed E-state index contributed by atoms with van der Waals surface area (Å²) >= 11 is 12.3. The van der Waals surface area contributed by atoms with Gasteiger partial charge in [0.15, 0.2) is 11.5 Å². The van der Waals surface area contributed by atoms with E-state index in [2.05, 4.69) is 6.07 Å². The fourth-order valence-corrected chi connectivity index (χ4v) is 2.65. The van der Waals surface area contributed by atoms with Crippen molar-refractivity contribution in [2.75, 3.05) is 13.2 Å². The Hall–Kier alpha value is -2.15. The molecule has 5 heteroatoms. The minimum atomic E-state index is 0.457. The van der Waals surface area contributed by atoms with Crippen LogP contribution in [-0.4, -0.2) is 13.2 Å². The smallest absolute Gasteiger partial charge is 0.179 e. The van der Waals surface area contributed by atoms with Crippen molar-refractivity contribution in [3.8, 4) is 17.6 Å². The molecule has 0 N–H and O–H groups in total. The van der Waals surface area contributed by atoms with Crippen molar-refractivity contribution in [3.63, 3.8) is 0 Å². The Labute approximate surface area is 158 Å². The van der Waals surface area contributed by atoms with Gasteiger partial charge in [-0.15, -0.1) is 0 Å². The third-order valence-electron chi connectivity index (χ3n) is 3.37. The molecule has 2 rings (SSSR count). The van der Waals surface area contributed by atoms with Gasteiger partial charge >= 0.3 is 0 Å². The van der Waals surface area contributed by atoms with Gasteiger partial charge in [0, 0.05) is 5.02 Å². The van der Waals surface area contributed by atoms with Gasteiger partial charge in [0.2, 0.25) is 0 Å². The average molecular weight is 376 g/mol. The molecule has 0 saturated carbocycles. The molecular weight excluding hydrogens is 357 g/mol. The monoisotopic (exact) mass is 375 g/mol. The highest BCUT2D eigenvalue weighted by molar-refractivity contribution is 6.32. The first-order chi connectivity index (χ1) is 12.1. The first kappa shape index (κ1) is 19.2. The summed E-state index contributed by atoms with van der Waals surface area (Å²) in [5, 5.41) is 10.6. The minimum absolute atomic E-state index is 0.457. The molecule has 0 unspecified atom stereocenters. The second-order valence-electron chi connectivity index (χ2n) is 5.29. The lowest BCUT2D eigenvalue weighted by Crippen LogP contribution is -2.01. The van der Waals surface area contributed by atoms with Crippen molar-refractivity contribution >= 4 is 34.9 Å². The second kappa shape index (κ2) is 9.36. The lowest BCUT2D eigenvalue weighted by atomic mass is 10.0. The Morgan fingerprint density at radius 2 is 1.84 bits per heavy atom. The molecule has 25 heavy (non-hydrogen) atoms. The number of hydrogen-bond donors (Lipinski definition) is 0. The molecule has 0 bridgehead atoms. The Kier molecular flexibility index (Phi) is 7.18. The van der Waals surface area contributed by atoms with Crippen molar-refractivity contribution in [2.45, 2.75) is 20.3 Å². The fraction of sp³-hybridized carbons (Fsp3) is 0.250. The zero-order valence-electron chi connectivity index (χ0n) is 14.2. The minimum Gasteiger partial charge on any atom is -0.490 e. The zero-order chi connectivity index (χ0) is 18.2. The van der Waals surface area contributed by atoms with E-state index in [0.717, 1.165) is 17.5 Å². The Morgan fingerprint density at radius 1 is 1.12 bits per heavy atom. The van der Waals surface area contributed by atoms with Gasteiger partial charge in [-0.05, 0) is 54.8 Å². The van der Waals surface area contributed by atoms with E-state index in [1.807, 2.05) is 19.9 Å². The number of ether oxygens (including phenoxy) is 2. The van der Waals surface area contributed by atoms with E-state index in [0.29, 0.717) is 40.3 Å². The lowest BCUT2D eigenvalue weighted by molar-refractivity contribution is 0.277. The van der Waals surface area contributed by atoms with Gasteiger partial charge < -0.3 is 9.47 Å². The van der Waals surface area contributed by atoms with Gasteiger partial charge in [-0.3, -0.25) is 0 Å². The van der Waals surface area contributed by atoms with Gasteiger partial charge in [0.1, 0.15) is 0 Å². The van der Waals surface area contributed by atoms with Crippen molar-refractivity contribution in [2.24, 2.45) is 0 Å². The predicted molar refractivity (Wildman–Crippen MR) is 103 cm³/mol. The van der Waals surface area contributed by atoms with Crippen LogP contribution < -0.4 is 9.47 Å². The van der Waals surface area contributed by atoms with E-state index in [-0.39, 0.29) is 0 Å². The molecule has 0 aliphatic heterocycles. The van der Waals surface area contributed by atoms with E-state index in [1.54, 1.807) is 36.4 Å². The summed E-state index contributed by atoms with van der Waals surface area (Å²) in [7, 11) is 0. The van der Waals surface area contributed by atoms with Crippen LogP contribution in [0.25, 0.3) is 11.6 Å². The molecule has 0 radical (unpaired) electrons. The second-order valence-corrected chi connectivity index (χ2v) is 6.13. The molecule has 0 aliphatic rings. The number of nitriles is 1. The van der Waals surface area contributed by atoms with Gasteiger partial charge in [-0.2, -0.15) is 5.26 Å². The highest BCUT2D eigenvalue weighted by atomic mass is 35.5. The molecule has 130 valence electrons. The maximum Gasteiger partial charge on any atom is 0.179 e. The first-order valence-electron chi connectivity index (χ1n) is 8.05. The lowest BCUT2D eigenvalue weighted by Gasteiger charge is -2.14. The van der Waals surface area contributed by atoms with Crippen LogP contribution in [0, 0.1) is 11.3 Å². The van der Waals surface area contributed by atoms with Gasteiger partial charge in [-0.25, -0.2) is 0 Å².